The van der Waals surface area contributed by atoms with Crippen molar-refractivity contribution in [3.63, 3.8) is 0 Å². The lowest BCUT2D eigenvalue weighted by Gasteiger charge is -2.21. The van der Waals surface area contributed by atoms with Gasteiger partial charge in [-0.2, -0.15) is 5.10 Å². The van der Waals surface area contributed by atoms with Gasteiger partial charge >= 0.3 is 0 Å². The molecule has 4 heteroatoms. The fraction of sp³-hybridized carbons (Fsp3) is 0.667. The Labute approximate surface area is 78.1 Å². The van der Waals surface area contributed by atoms with Gasteiger partial charge in [-0.1, -0.05) is 13.8 Å². The fourth-order valence-electron chi connectivity index (χ4n) is 0.818. The molecule has 1 heterocycles. The second-order valence-corrected chi connectivity index (χ2v) is 3.90. The lowest BCUT2D eigenvalue weighted by Crippen LogP contribution is -2.25. The van der Waals surface area contributed by atoms with Crippen molar-refractivity contribution in [1.29, 1.82) is 0 Å². The number of aromatic nitrogens is 2. The van der Waals surface area contributed by atoms with Crippen LogP contribution in [0.25, 0.3) is 0 Å². The van der Waals surface area contributed by atoms with E-state index in [0.717, 1.165) is 5.88 Å². The Morgan fingerprint density at radius 2 is 2.31 bits per heavy atom. The fourth-order valence-corrected chi connectivity index (χ4v) is 0.818. The first-order valence-electron chi connectivity index (χ1n) is 4.27. The number of rotatable bonds is 4. The average molecular weight is 184 g/mol. The maximum absolute atomic E-state index is 8.99. The Hall–Kier alpha value is -1.03. The molecule has 1 rings (SSSR count). The molecule has 0 unspecified atom stereocenters. The van der Waals surface area contributed by atoms with Crippen molar-refractivity contribution < 1.29 is 9.84 Å². The molecule has 0 spiro atoms. The molecular formula is C9H16N2O2. The van der Waals surface area contributed by atoms with Crippen molar-refractivity contribution in [3.8, 4) is 5.88 Å². The highest BCUT2D eigenvalue weighted by Gasteiger charge is 2.17. The van der Waals surface area contributed by atoms with Gasteiger partial charge in [-0.15, -0.1) is 0 Å². The highest BCUT2D eigenvalue weighted by molar-refractivity contribution is 5.06. The van der Waals surface area contributed by atoms with Gasteiger partial charge in [-0.25, -0.2) is 4.68 Å². The summed E-state index contributed by atoms with van der Waals surface area (Å²) in [5.41, 5.74) is -0.204. The van der Waals surface area contributed by atoms with Gasteiger partial charge in [0.05, 0.1) is 19.4 Å². The summed E-state index contributed by atoms with van der Waals surface area (Å²) in [6.45, 7) is 4.50. The zero-order chi connectivity index (χ0) is 9.90. The van der Waals surface area contributed by atoms with Gasteiger partial charge in [-0.05, 0) is 0 Å². The molecule has 1 aromatic heterocycles. The van der Waals surface area contributed by atoms with Gasteiger partial charge in [0.1, 0.15) is 0 Å². The van der Waals surface area contributed by atoms with E-state index >= 15 is 0 Å². The minimum absolute atomic E-state index is 0.116. The largest absolute Gasteiger partial charge is 0.477 e. The Morgan fingerprint density at radius 3 is 2.77 bits per heavy atom. The Bertz CT molecular complexity index is 268. The van der Waals surface area contributed by atoms with E-state index in [0.29, 0.717) is 6.61 Å². The van der Waals surface area contributed by atoms with Crippen molar-refractivity contribution >= 4 is 0 Å². The normalized spacial score (nSPS) is 11.7. The summed E-state index contributed by atoms with van der Waals surface area (Å²) in [6, 6.07) is 1.80. The zero-order valence-corrected chi connectivity index (χ0v) is 8.32. The Balaban J connectivity index is 2.48. The summed E-state index contributed by atoms with van der Waals surface area (Å²) in [5, 5.41) is 13.0. The summed E-state index contributed by atoms with van der Waals surface area (Å²) in [5.74, 6) is 0.724. The van der Waals surface area contributed by atoms with Crippen LogP contribution in [0.5, 0.6) is 5.88 Å². The lowest BCUT2D eigenvalue weighted by atomic mass is 9.97. The number of aliphatic hydroxyl groups excluding tert-OH is 1. The highest BCUT2D eigenvalue weighted by atomic mass is 16.5. The lowest BCUT2D eigenvalue weighted by molar-refractivity contribution is 0.0927. The van der Waals surface area contributed by atoms with Crippen molar-refractivity contribution in [3.05, 3.63) is 12.3 Å². The van der Waals surface area contributed by atoms with Gasteiger partial charge in [0, 0.05) is 18.5 Å². The van der Waals surface area contributed by atoms with Crippen molar-refractivity contribution in [2.45, 2.75) is 13.8 Å². The van der Waals surface area contributed by atoms with Crippen molar-refractivity contribution in [2.24, 2.45) is 12.5 Å². The summed E-state index contributed by atoms with van der Waals surface area (Å²) in [6.07, 6.45) is 1.68. The second kappa shape index (κ2) is 3.79. The smallest absolute Gasteiger partial charge is 0.211 e. The Morgan fingerprint density at radius 1 is 1.62 bits per heavy atom. The van der Waals surface area contributed by atoms with Crippen LogP contribution in [0.15, 0.2) is 12.3 Å². The number of nitrogens with zero attached hydrogens (tertiary/aromatic N) is 2. The van der Waals surface area contributed by atoms with Crippen LogP contribution in [-0.2, 0) is 7.05 Å². The number of hydrogen-bond acceptors (Lipinski definition) is 3. The van der Waals surface area contributed by atoms with E-state index in [4.69, 9.17) is 9.84 Å². The third-order valence-electron chi connectivity index (χ3n) is 1.81. The summed E-state index contributed by atoms with van der Waals surface area (Å²) < 4.78 is 7.13. The summed E-state index contributed by atoms with van der Waals surface area (Å²) >= 11 is 0. The average Bonchev–Trinajstić information content (AvgIpc) is 2.48. The molecule has 0 bridgehead atoms. The molecule has 0 radical (unpaired) electrons. The monoisotopic (exact) mass is 184 g/mol. The van der Waals surface area contributed by atoms with Crippen LogP contribution in [0.4, 0.5) is 0 Å². The van der Waals surface area contributed by atoms with Crippen molar-refractivity contribution in [2.75, 3.05) is 13.2 Å². The van der Waals surface area contributed by atoms with E-state index in [9.17, 15) is 0 Å². The van der Waals surface area contributed by atoms with E-state index in [1.807, 2.05) is 20.9 Å². The van der Waals surface area contributed by atoms with Crippen LogP contribution >= 0.6 is 0 Å². The van der Waals surface area contributed by atoms with Crippen LogP contribution in [-0.4, -0.2) is 28.1 Å². The number of aliphatic hydroxyl groups is 1. The van der Waals surface area contributed by atoms with Crippen LogP contribution in [0.3, 0.4) is 0 Å². The molecule has 0 aromatic carbocycles. The van der Waals surface area contributed by atoms with Crippen molar-refractivity contribution in [1.82, 2.24) is 9.78 Å². The SMILES string of the molecule is Cn1nccc1OCC(C)(C)CO. The van der Waals surface area contributed by atoms with Crippen LogP contribution in [0, 0.1) is 5.41 Å². The molecule has 0 atom stereocenters. The van der Waals surface area contributed by atoms with Gasteiger partial charge in [-0.3, -0.25) is 0 Å². The molecule has 0 amide bonds. The molecule has 0 fully saturated rings. The molecule has 4 nitrogen and oxygen atoms in total. The molecule has 0 aliphatic rings. The Kier molecular flexibility index (Phi) is 2.93. The molecule has 74 valence electrons. The molecule has 0 saturated heterocycles. The van der Waals surface area contributed by atoms with Crippen LogP contribution < -0.4 is 4.74 Å². The molecule has 0 aliphatic carbocycles. The van der Waals surface area contributed by atoms with E-state index in [1.54, 1.807) is 16.9 Å². The van der Waals surface area contributed by atoms with E-state index in [2.05, 4.69) is 5.10 Å². The van der Waals surface area contributed by atoms with E-state index < -0.39 is 0 Å². The molecule has 1 N–H and O–H groups in total. The maximum Gasteiger partial charge on any atom is 0.211 e. The second-order valence-electron chi connectivity index (χ2n) is 3.90. The first-order chi connectivity index (χ1) is 6.05. The number of ether oxygens (including phenoxy) is 1. The highest BCUT2D eigenvalue weighted by Crippen LogP contribution is 2.16. The molecular weight excluding hydrogens is 168 g/mol. The van der Waals surface area contributed by atoms with Gasteiger partial charge in [0.15, 0.2) is 0 Å². The third kappa shape index (κ3) is 2.73. The molecule has 0 saturated carbocycles. The minimum Gasteiger partial charge on any atom is -0.477 e. The van der Waals surface area contributed by atoms with Gasteiger partial charge in [0.2, 0.25) is 5.88 Å². The van der Waals surface area contributed by atoms with Crippen LogP contribution in [0.1, 0.15) is 13.8 Å². The number of hydrogen-bond donors (Lipinski definition) is 1. The maximum atomic E-state index is 8.99. The van der Waals surface area contributed by atoms with E-state index in [1.165, 1.54) is 0 Å². The first-order valence-corrected chi connectivity index (χ1v) is 4.27. The molecule has 1 aromatic rings. The third-order valence-corrected chi connectivity index (χ3v) is 1.81. The van der Waals surface area contributed by atoms with Gasteiger partial charge < -0.3 is 9.84 Å². The first kappa shape index (κ1) is 10.1. The van der Waals surface area contributed by atoms with Crippen LogP contribution in [0.2, 0.25) is 0 Å². The predicted octanol–water partition coefficient (Wildman–Crippen LogP) is 0.817. The summed E-state index contributed by atoms with van der Waals surface area (Å²) in [7, 11) is 1.82. The predicted molar refractivity (Wildman–Crippen MR) is 49.6 cm³/mol. The van der Waals surface area contributed by atoms with E-state index in [-0.39, 0.29) is 12.0 Å². The molecule has 0 aliphatic heterocycles. The molecule has 13 heavy (non-hydrogen) atoms. The zero-order valence-electron chi connectivity index (χ0n) is 8.32. The minimum atomic E-state index is -0.204. The topological polar surface area (TPSA) is 47.3 Å². The standard InChI is InChI=1S/C9H16N2O2/c1-9(2,6-12)7-13-8-4-5-10-11(8)3/h4-5,12H,6-7H2,1-3H3. The number of aryl methyl sites for hydroxylation is 1. The summed E-state index contributed by atoms with van der Waals surface area (Å²) in [4.78, 5) is 0. The quantitative estimate of drug-likeness (QED) is 0.753. The van der Waals surface area contributed by atoms with Gasteiger partial charge in [0.25, 0.3) is 0 Å².